The van der Waals surface area contributed by atoms with E-state index >= 15 is 0 Å². The van der Waals surface area contributed by atoms with Crippen molar-refractivity contribution in [1.29, 1.82) is 0 Å². The lowest BCUT2D eigenvalue weighted by Crippen LogP contribution is -2.21. The van der Waals surface area contributed by atoms with E-state index in [1.54, 1.807) is 6.20 Å². The predicted octanol–water partition coefficient (Wildman–Crippen LogP) is 1.44. The third-order valence-corrected chi connectivity index (χ3v) is 1.14. The maximum Gasteiger partial charge on any atom is 0.0569 e. The van der Waals surface area contributed by atoms with Crippen LogP contribution in [0.15, 0.2) is 12.4 Å². The van der Waals surface area contributed by atoms with E-state index in [0.29, 0.717) is 0 Å². The largest absolute Gasteiger partial charge is 0.267 e. The molecule has 1 radical (unpaired) electrons. The van der Waals surface area contributed by atoms with Crippen LogP contribution in [0.2, 0.25) is 0 Å². The Balaban J connectivity index is 2.90. The maximum absolute atomic E-state index is 4.05. The molecule has 0 aromatic carbocycles. The van der Waals surface area contributed by atoms with Gasteiger partial charge in [0, 0.05) is 12.3 Å². The molecule has 2 nitrogen and oxygen atoms in total. The molecule has 2 heteroatoms. The summed E-state index contributed by atoms with van der Waals surface area (Å²) >= 11 is 0. The van der Waals surface area contributed by atoms with E-state index in [0.717, 1.165) is 0 Å². The normalized spacial score (nSPS) is 11.9. The first-order valence-corrected chi connectivity index (χ1v) is 3.02. The van der Waals surface area contributed by atoms with Crippen LogP contribution in [0.1, 0.15) is 20.8 Å². The van der Waals surface area contributed by atoms with Crippen LogP contribution in [-0.4, -0.2) is 9.78 Å². The monoisotopic (exact) mass is 123 g/mol. The van der Waals surface area contributed by atoms with Crippen LogP contribution in [0, 0.1) is 6.07 Å². The Bertz CT molecular complexity index is 169. The van der Waals surface area contributed by atoms with Gasteiger partial charge < -0.3 is 0 Å². The van der Waals surface area contributed by atoms with Gasteiger partial charge >= 0.3 is 0 Å². The fraction of sp³-hybridized carbons (Fsp3) is 0.571. The summed E-state index contributed by atoms with van der Waals surface area (Å²) in [5.74, 6) is 0. The molecule has 9 heavy (non-hydrogen) atoms. The summed E-state index contributed by atoms with van der Waals surface area (Å²) in [6.45, 7) is 6.32. The Morgan fingerprint density at radius 1 is 1.44 bits per heavy atom. The molecular weight excluding hydrogens is 112 g/mol. The molecule has 0 aliphatic heterocycles. The van der Waals surface area contributed by atoms with Crippen LogP contribution in [0.25, 0.3) is 0 Å². The van der Waals surface area contributed by atoms with Gasteiger partial charge in [0.1, 0.15) is 0 Å². The van der Waals surface area contributed by atoms with Gasteiger partial charge in [0.15, 0.2) is 0 Å². The molecule has 1 aromatic heterocycles. The molecule has 1 aromatic rings. The fourth-order valence-corrected chi connectivity index (χ4v) is 0.600. The highest BCUT2D eigenvalue weighted by Gasteiger charge is 2.10. The zero-order chi connectivity index (χ0) is 6.91. The highest BCUT2D eigenvalue weighted by Crippen LogP contribution is 2.09. The predicted molar refractivity (Wildman–Crippen MR) is 36.1 cm³/mol. The van der Waals surface area contributed by atoms with Crippen LogP contribution in [-0.2, 0) is 5.54 Å². The van der Waals surface area contributed by atoms with Gasteiger partial charge in [0.25, 0.3) is 0 Å². The molecule has 0 atom stereocenters. The number of aromatic nitrogens is 2. The quantitative estimate of drug-likeness (QED) is 0.510. The lowest BCUT2D eigenvalue weighted by Gasteiger charge is -2.18. The highest BCUT2D eigenvalue weighted by molar-refractivity contribution is 4.81. The Labute approximate surface area is 55.5 Å². The SMILES string of the molecule is CC(C)(C)n1c[c]cn1. The highest BCUT2D eigenvalue weighted by atomic mass is 15.3. The molecule has 0 saturated heterocycles. The average molecular weight is 123 g/mol. The zero-order valence-corrected chi connectivity index (χ0v) is 6.05. The first kappa shape index (κ1) is 6.33. The Hall–Kier alpha value is -0.790. The second-order valence-corrected chi connectivity index (χ2v) is 3.06. The summed E-state index contributed by atoms with van der Waals surface area (Å²) in [5.41, 5.74) is 0.0972. The molecule has 0 unspecified atom stereocenters. The van der Waals surface area contributed by atoms with Crippen molar-refractivity contribution in [3.8, 4) is 0 Å². The third-order valence-electron chi connectivity index (χ3n) is 1.14. The second kappa shape index (κ2) is 1.87. The van der Waals surface area contributed by atoms with E-state index in [1.165, 1.54) is 0 Å². The molecule has 1 rings (SSSR count). The van der Waals surface area contributed by atoms with Gasteiger partial charge in [0.2, 0.25) is 0 Å². The summed E-state index contributed by atoms with van der Waals surface area (Å²) in [5, 5.41) is 4.05. The van der Waals surface area contributed by atoms with E-state index in [4.69, 9.17) is 0 Å². The molecule has 1 heterocycles. The van der Waals surface area contributed by atoms with Gasteiger partial charge in [0.05, 0.1) is 11.7 Å². The van der Waals surface area contributed by atoms with E-state index < -0.39 is 0 Å². The lowest BCUT2D eigenvalue weighted by atomic mass is 10.1. The number of rotatable bonds is 0. The Morgan fingerprint density at radius 3 is 2.33 bits per heavy atom. The van der Waals surface area contributed by atoms with Crippen LogP contribution in [0.5, 0.6) is 0 Å². The van der Waals surface area contributed by atoms with Crippen LogP contribution < -0.4 is 0 Å². The van der Waals surface area contributed by atoms with Crippen LogP contribution in [0.4, 0.5) is 0 Å². The van der Waals surface area contributed by atoms with Crippen molar-refractivity contribution in [2.24, 2.45) is 0 Å². The van der Waals surface area contributed by atoms with Gasteiger partial charge in [-0.1, -0.05) is 0 Å². The van der Waals surface area contributed by atoms with Crippen molar-refractivity contribution in [2.45, 2.75) is 26.3 Å². The minimum absolute atomic E-state index is 0.0972. The molecule has 0 fully saturated rings. The maximum atomic E-state index is 4.05. The molecule has 49 valence electrons. The molecule has 0 saturated carbocycles. The second-order valence-electron chi connectivity index (χ2n) is 3.06. The summed E-state index contributed by atoms with van der Waals surface area (Å²) < 4.78 is 1.88. The minimum Gasteiger partial charge on any atom is -0.267 e. The van der Waals surface area contributed by atoms with E-state index in [1.807, 2.05) is 10.9 Å². The number of hydrogen-bond donors (Lipinski definition) is 0. The van der Waals surface area contributed by atoms with E-state index in [2.05, 4.69) is 31.9 Å². The van der Waals surface area contributed by atoms with Crippen molar-refractivity contribution >= 4 is 0 Å². The van der Waals surface area contributed by atoms with Gasteiger partial charge in [-0.15, -0.1) is 0 Å². The van der Waals surface area contributed by atoms with Gasteiger partial charge in [-0.05, 0) is 20.8 Å². The summed E-state index contributed by atoms with van der Waals surface area (Å²) in [7, 11) is 0. The molecule has 0 aliphatic rings. The smallest absolute Gasteiger partial charge is 0.0569 e. The average Bonchev–Trinajstić information content (AvgIpc) is 2.08. The van der Waals surface area contributed by atoms with Crippen molar-refractivity contribution in [3.05, 3.63) is 18.5 Å². The van der Waals surface area contributed by atoms with E-state index in [-0.39, 0.29) is 5.54 Å². The molecule has 0 amide bonds. The van der Waals surface area contributed by atoms with Gasteiger partial charge in [-0.25, -0.2) is 0 Å². The standard InChI is InChI=1S/C7H11N2/c1-7(2,3)9-6-4-5-8-9/h5-6H,1-3H3. The first-order valence-electron chi connectivity index (χ1n) is 3.02. The summed E-state index contributed by atoms with van der Waals surface area (Å²) in [6.07, 6.45) is 3.52. The molecule has 0 spiro atoms. The molecule has 0 bridgehead atoms. The minimum atomic E-state index is 0.0972. The zero-order valence-electron chi connectivity index (χ0n) is 6.05. The Kier molecular flexibility index (Phi) is 1.31. The van der Waals surface area contributed by atoms with Crippen molar-refractivity contribution in [3.63, 3.8) is 0 Å². The summed E-state index contributed by atoms with van der Waals surface area (Å²) in [4.78, 5) is 0. The van der Waals surface area contributed by atoms with Crippen molar-refractivity contribution < 1.29 is 0 Å². The number of hydrogen-bond acceptors (Lipinski definition) is 1. The topological polar surface area (TPSA) is 17.8 Å². The first-order chi connectivity index (χ1) is 4.11. The molecule has 0 aliphatic carbocycles. The fourth-order valence-electron chi connectivity index (χ4n) is 0.600. The lowest BCUT2D eigenvalue weighted by molar-refractivity contribution is 0.355. The Morgan fingerprint density at radius 2 is 2.11 bits per heavy atom. The third kappa shape index (κ3) is 1.31. The van der Waals surface area contributed by atoms with Gasteiger partial charge in [-0.2, -0.15) is 5.10 Å². The van der Waals surface area contributed by atoms with Gasteiger partial charge in [-0.3, -0.25) is 4.68 Å². The molecule has 0 N–H and O–H groups in total. The molecular formula is C7H11N2. The van der Waals surface area contributed by atoms with E-state index in [9.17, 15) is 0 Å². The van der Waals surface area contributed by atoms with Crippen LogP contribution in [0.3, 0.4) is 0 Å². The summed E-state index contributed by atoms with van der Waals surface area (Å²) in [6, 6.07) is 2.89. The van der Waals surface area contributed by atoms with Crippen molar-refractivity contribution in [2.75, 3.05) is 0 Å². The number of nitrogens with zero attached hydrogens (tertiary/aromatic N) is 2. The van der Waals surface area contributed by atoms with Crippen LogP contribution >= 0.6 is 0 Å². The van der Waals surface area contributed by atoms with Crippen molar-refractivity contribution in [1.82, 2.24) is 9.78 Å².